The van der Waals surface area contributed by atoms with Gasteiger partial charge in [0.15, 0.2) is 0 Å². The summed E-state index contributed by atoms with van der Waals surface area (Å²) in [6.07, 6.45) is 3.92. The molecule has 0 unspecified atom stereocenters. The lowest BCUT2D eigenvalue weighted by Crippen LogP contribution is -2.08. The molecule has 3 aromatic rings. The summed E-state index contributed by atoms with van der Waals surface area (Å²) in [5.74, 6) is 0. The second-order valence-corrected chi connectivity index (χ2v) is 8.40. The highest BCUT2D eigenvalue weighted by atomic mass is 79.9. The molecular weight excluding hydrogens is 420 g/mol. The molecule has 2 aromatic carbocycles. The molecule has 0 bridgehead atoms. The molecule has 0 amide bonds. The van der Waals surface area contributed by atoms with E-state index in [1.807, 2.05) is 32.4 Å². The average Bonchev–Trinajstić information content (AvgIpc) is 3.06. The van der Waals surface area contributed by atoms with Gasteiger partial charge in [-0.05, 0) is 36.2 Å². The summed E-state index contributed by atoms with van der Waals surface area (Å²) in [7, 11) is 4.06. The van der Waals surface area contributed by atoms with Crippen LogP contribution in [0.5, 0.6) is 0 Å². The van der Waals surface area contributed by atoms with Crippen molar-refractivity contribution in [1.29, 1.82) is 0 Å². The number of hydrazone groups is 1. The molecule has 0 aliphatic rings. The molecule has 1 heterocycles. The van der Waals surface area contributed by atoms with E-state index in [0.717, 1.165) is 39.3 Å². The molecule has 140 valence electrons. The van der Waals surface area contributed by atoms with E-state index < -0.39 is 0 Å². The molecule has 0 radical (unpaired) electrons. The highest BCUT2D eigenvalue weighted by molar-refractivity contribution is 9.10. The van der Waals surface area contributed by atoms with Crippen molar-refractivity contribution >= 4 is 44.3 Å². The van der Waals surface area contributed by atoms with Crippen molar-refractivity contribution in [2.75, 3.05) is 24.4 Å². The predicted octanol–water partition coefficient (Wildman–Crippen LogP) is 6.04. The zero-order valence-electron chi connectivity index (χ0n) is 15.7. The highest BCUT2D eigenvalue weighted by Gasteiger charge is 2.12. The van der Waals surface area contributed by atoms with Crippen LogP contribution in [-0.4, -0.2) is 25.3 Å². The second-order valence-electron chi connectivity index (χ2n) is 6.40. The van der Waals surface area contributed by atoms with Gasteiger partial charge in [0, 0.05) is 34.7 Å². The first-order valence-electron chi connectivity index (χ1n) is 8.89. The van der Waals surface area contributed by atoms with Gasteiger partial charge in [0.05, 0.1) is 11.9 Å². The Balaban J connectivity index is 1.74. The summed E-state index contributed by atoms with van der Waals surface area (Å²) < 4.78 is 1.07. The maximum atomic E-state index is 4.77. The van der Waals surface area contributed by atoms with Crippen molar-refractivity contribution in [3.63, 3.8) is 0 Å². The number of nitrogens with zero attached hydrogens (tertiary/aromatic N) is 3. The average molecular weight is 443 g/mol. The molecule has 0 spiro atoms. The van der Waals surface area contributed by atoms with Crippen LogP contribution in [0.25, 0.3) is 11.3 Å². The molecule has 3 rings (SSSR count). The second kappa shape index (κ2) is 9.15. The molecule has 0 saturated carbocycles. The zero-order valence-corrected chi connectivity index (χ0v) is 18.1. The van der Waals surface area contributed by atoms with E-state index in [1.165, 1.54) is 10.6 Å². The number of rotatable bonds is 7. The molecule has 0 aliphatic carbocycles. The van der Waals surface area contributed by atoms with Gasteiger partial charge in [-0.3, -0.25) is 5.43 Å². The third-order valence-electron chi connectivity index (χ3n) is 4.08. The van der Waals surface area contributed by atoms with Gasteiger partial charge in [-0.1, -0.05) is 64.9 Å². The number of aryl methyl sites for hydroxylation is 1. The Morgan fingerprint density at radius 2 is 1.81 bits per heavy atom. The Labute approximate surface area is 173 Å². The van der Waals surface area contributed by atoms with E-state index in [-0.39, 0.29) is 0 Å². The fraction of sp³-hybridized carbons (Fsp3) is 0.238. The largest absolute Gasteiger partial charge is 0.378 e. The van der Waals surface area contributed by atoms with E-state index in [1.54, 1.807) is 11.3 Å². The molecule has 0 saturated heterocycles. The summed E-state index contributed by atoms with van der Waals surface area (Å²) >= 11 is 5.16. The first-order chi connectivity index (χ1) is 13.1. The minimum atomic E-state index is 0.817. The lowest BCUT2D eigenvalue weighted by Gasteiger charge is -2.11. The third kappa shape index (κ3) is 5.17. The van der Waals surface area contributed by atoms with E-state index in [4.69, 9.17) is 4.98 Å². The SMILES string of the molecule is CCCc1sc(N/N=C\c2ccc(N(C)C)cc2)nc1-c1ccc(Br)cc1. The van der Waals surface area contributed by atoms with Gasteiger partial charge < -0.3 is 4.90 Å². The molecule has 4 nitrogen and oxygen atoms in total. The number of aromatic nitrogens is 1. The molecular formula is C21H23BrN4S. The van der Waals surface area contributed by atoms with Crippen molar-refractivity contribution in [2.45, 2.75) is 19.8 Å². The Morgan fingerprint density at radius 1 is 1.11 bits per heavy atom. The number of hydrogen-bond donors (Lipinski definition) is 1. The zero-order chi connectivity index (χ0) is 19.2. The smallest absolute Gasteiger partial charge is 0.204 e. The number of nitrogens with one attached hydrogen (secondary N) is 1. The van der Waals surface area contributed by atoms with Crippen LogP contribution in [0.4, 0.5) is 10.8 Å². The minimum Gasteiger partial charge on any atom is -0.378 e. The number of benzene rings is 2. The van der Waals surface area contributed by atoms with E-state index in [0.29, 0.717) is 0 Å². The van der Waals surface area contributed by atoms with Gasteiger partial charge in [-0.15, -0.1) is 0 Å². The molecule has 0 aliphatic heterocycles. The van der Waals surface area contributed by atoms with Gasteiger partial charge in [0.2, 0.25) is 5.13 Å². The molecule has 1 aromatic heterocycles. The van der Waals surface area contributed by atoms with Crippen molar-refractivity contribution in [3.05, 3.63) is 63.4 Å². The summed E-state index contributed by atoms with van der Waals surface area (Å²) in [6, 6.07) is 16.6. The molecule has 1 N–H and O–H groups in total. The molecule has 0 fully saturated rings. The maximum Gasteiger partial charge on any atom is 0.204 e. The maximum absolute atomic E-state index is 4.77. The van der Waals surface area contributed by atoms with Gasteiger partial charge in [-0.2, -0.15) is 5.10 Å². The first kappa shape index (κ1) is 19.6. The highest BCUT2D eigenvalue weighted by Crippen LogP contribution is 2.32. The van der Waals surface area contributed by atoms with Crippen LogP contribution in [0.3, 0.4) is 0 Å². The van der Waals surface area contributed by atoms with Gasteiger partial charge >= 0.3 is 0 Å². The standard InChI is InChI=1S/C21H23BrN4S/c1-4-5-19-20(16-8-10-17(22)11-9-16)24-21(27-19)25-23-14-15-6-12-18(13-7-15)26(2)3/h6-14H,4-5H2,1-3H3,(H,24,25)/b23-14-. The van der Waals surface area contributed by atoms with E-state index >= 15 is 0 Å². The van der Waals surface area contributed by atoms with E-state index in [9.17, 15) is 0 Å². The first-order valence-corrected chi connectivity index (χ1v) is 10.5. The fourth-order valence-electron chi connectivity index (χ4n) is 2.65. The number of anilines is 2. The molecule has 0 atom stereocenters. The number of halogens is 1. The summed E-state index contributed by atoms with van der Waals surface area (Å²) in [6.45, 7) is 2.19. The van der Waals surface area contributed by atoms with Crippen molar-refractivity contribution < 1.29 is 0 Å². The molecule has 6 heteroatoms. The minimum absolute atomic E-state index is 0.817. The third-order valence-corrected chi connectivity index (χ3v) is 5.62. The van der Waals surface area contributed by atoms with Crippen LogP contribution in [-0.2, 0) is 6.42 Å². The monoisotopic (exact) mass is 442 g/mol. The van der Waals surface area contributed by atoms with Crippen LogP contribution in [0.2, 0.25) is 0 Å². The van der Waals surface area contributed by atoms with Crippen molar-refractivity contribution in [1.82, 2.24) is 4.98 Å². The van der Waals surface area contributed by atoms with Crippen LogP contribution in [0.15, 0.2) is 58.1 Å². The van der Waals surface area contributed by atoms with Gasteiger partial charge in [0.25, 0.3) is 0 Å². The van der Waals surface area contributed by atoms with E-state index in [2.05, 4.69) is 74.7 Å². The van der Waals surface area contributed by atoms with Crippen LogP contribution >= 0.6 is 27.3 Å². The topological polar surface area (TPSA) is 40.5 Å². The van der Waals surface area contributed by atoms with Crippen LogP contribution < -0.4 is 10.3 Å². The van der Waals surface area contributed by atoms with Crippen molar-refractivity contribution in [3.8, 4) is 11.3 Å². The fourth-order valence-corrected chi connectivity index (χ4v) is 3.95. The quantitative estimate of drug-likeness (QED) is 0.358. The Kier molecular flexibility index (Phi) is 6.63. The lowest BCUT2D eigenvalue weighted by atomic mass is 10.1. The lowest BCUT2D eigenvalue weighted by molar-refractivity contribution is 0.938. The summed E-state index contributed by atoms with van der Waals surface area (Å²) in [5, 5.41) is 5.18. The van der Waals surface area contributed by atoms with Crippen LogP contribution in [0.1, 0.15) is 23.8 Å². The molecule has 27 heavy (non-hydrogen) atoms. The number of hydrogen-bond acceptors (Lipinski definition) is 5. The number of thiazole rings is 1. The summed E-state index contributed by atoms with van der Waals surface area (Å²) in [4.78, 5) is 8.13. The van der Waals surface area contributed by atoms with Crippen molar-refractivity contribution in [2.24, 2.45) is 5.10 Å². The van der Waals surface area contributed by atoms with Crippen LogP contribution in [0, 0.1) is 0 Å². The predicted molar refractivity (Wildman–Crippen MR) is 121 cm³/mol. The van der Waals surface area contributed by atoms with Gasteiger partial charge in [0.1, 0.15) is 0 Å². The Hall–Kier alpha value is -2.18. The summed E-state index contributed by atoms with van der Waals surface area (Å²) in [5.41, 5.74) is 7.48. The Morgan fingerprint density at radius 3 is 2.44 bits per heavy atom. The normalized spacial score (nSPS) is 11.1. The Bertz CT molecular complexity index is 899. The van der Waals surface area contributed by atoms with Gasteiger partial charge in [-0.25, -0.2) is 4.98 Å².